The summed E-state index contributed by atoms with van der Waals surface area (Å²) in [6.07, 6.45) is 2.51. The van der Waals surface area contributed by atoms with Crippen LogP contribution in [0.25, 0.3) is 0 Å². The molecule has 4 heteroatoms. The first-order valence-electron chi connectivity index (χ1n) is 4.81. The molecule has 0 aromatic carbocycles. The number of carbonyl (C=O) groups is 1. The largest absolute Gasteiger partial charge is 0.465 e. The van der Waals surface area contributed by atoms with Crippen molar-refractivity contribution in [3.63, 3.8) is 0 Å². The van der Waals surface area contributed by atoms with Crippen molar-refractivity contribution < 1.29 is 14.6 Å². The van der Waals surface area contributed by atoms with E-state index >= 15 is 0 Å². The molecule has 2 N–H and O–H groups in total. The van der Waals surface area contributed by atoms with Crippen LogP contribution in [0.3, 0.4) is 0 Å². The number of ether oxygens (including phenoxy) is 1. The van der Waals surface area contributed by atoms with E-state index in [2.05, 4.69) is 5.32 Å². The Morgan fingerprint density at radius 1 is 1.62 bits per heavy atom. The summed E-state index contributed by atoms with van der Waals surface area (Å²) >= 11 is 0. The minimum Gasteiger partial charge on any atom is -0.465 e. The van der Waals surface area contributed by atoms with Crippen LogP contribution in [0.1, 0.15) is 26.2 Å². The fourth-order valence-corrected chi connectivity index (χ4v) is 1.61. The summed E-state index contributed by atoms with van der Waals surface area (Å²) in [5, 5.41) is 12.4. The van der Waals surface area contributed by atoms with E-state index in [-0.39, 0.29) is 24.7 Å². The molecule has 0 saturated heterocycles. The summed E-state index contributed by atoms with van der Waals surface area (Å²) in [4.78, 5) is 10.9. The molecule has 1 rings (SSSR count). The third-order valence-electron chi connectivity index (χ3n) is 2.29. The van der Waals surface area contributed by atoms with Crippen molar-refractivity contribution in [3.8, 4) is 0 Å². The zero-order valence-electron chi connectivity index (χ0n) is 7.95. The number of rotatable bonds is 4. The average Bonchev–Trinajstić information content (AvgIpc) is 2.48. The lowest BCUT2D eigenvalue weighted by Crippen LogP contribution is -2.39. The molecule has 1 aliphatic rings. The highest BCUT2D eigenvalue weighted by atomic mass is 16.5. The second kappa shape index (κ2) is 5.19. The lowest BCUT2D eigenvalue weighted by atomic mass is 10.2. The summed E-state index contributed by atoms with van der Waals surface area (Å²) in [7, 11) is 0. The van der Waals surface area contributed by atoms with Gasteiger partial charge in [-0.05, 0) is 26.2 Å². The Labute approximate surface area is 78.3 Å². The van der Waals surface area contributed by atoms with Gasteiger partial charge in [-0.2, -0.15) is 0 Å². The van der Waals surface area contributed by atoms with Crippen molar-refractivity contribution in [1.29, 1.82) is 0 Å². The van der Waals surface area contributed by atoms with Crippen LogP contribution in [-0.2, 0) is 9.53 Å². The Hall–Kier alpha value is -0.610. The van der Waals surface area contributed by atoms with Gasteiger partial charge in [-0.15, -0.1) is 0 Å². The van der Waals surface area contributed by atoms with Gasteiger partial charge in [0, 0.05) is 6.04 Å². The Kier molecular flexibility index (Phi) is 4.18. The van der Waals surface area contributed by atoms with E-state index < -0.39 is 0 Å². The van der Waals surface area contributed by atoms with E-state index in [0.717, 1.165) is 19.3 Å². The van der Waals surface area contributed by atoms with Gasteiger partial charge >= 0.3 is 5.97 Å². The molecule has 0 aromatic rings. The number of esters is 1. The molecule has 4 nitrogen and oxygen atoms in total. The highest BCUT2D eigenvalue weighted by molar-refractivity contribution is 5.71. The first-order valence-corrected chi connectivity index (χ1v) is 4.81. The zero-order valence-corrected chi connectivity index (χ0v) is 7.95. The molecule has 2 atom stereocenters. The SMILES string of the molecule is CCOC(=O)CN[C@@H]1CCC[C@H]1O. The van der Waals surface area contributed by atoms with E-state index in [0.29, 0.717) is 6.61 Å². The van der Waals surface area contributed by atoms with Crippen LogP contribution in [0.15, 0.2) is 0 Å². The number of carbonyl (C=O) groups excluding carboxylic acids is 1. The van der Waals surface area contributed by atoms with E-state index in [1.54, 1.807) is 6.92 Å². The second-order valence-electron chi connectivity index (χ2n) is 3.29. The van der Waals surface area contributed by atoms with Crippen LogP contribution in [0, 0.1) is 0 Å². The van der Waals surface area contributed by atoms with Gasteiger partial charge in [-0.1, -0.05) is 0 Å². The predicted octanol–water partition coefficient (Wildman–Crippen LogP) is 0.0525. The summed E-state index contributed by atoms with van der Waals surface area (Å²) in [6.45, 7) is 2.39. The smallest absolute Gasteiger partial charge is 0.319 e. The third kappa shape index (κ3) is 3.32. The predicted molar refractivity (Wildman–Crippen MR) is 48.3 cm³/mol. The van der Waals surface area contributed by atoms with Crippen LogP contribution in [0.2, 0.25) is 0 Å². The Morgan fingerprint density at radius 3 is 2.92 bits per heavy atom. The van der Waals surface area contributed by atoms with Crippen molar-refractivity contribution >= 4 is 5.97 Å². The fraction of sp³-hybridized carbons (Fsp3) is 0.889. The highest BCUT2D eigenvalue weighted by Crippen LogP contribution is 2.18. The van der Waals surface area contributed by atoms with Gasteiger partial charge in [0.25, 0.3) is 0 Å². The summed E-state index contributed by atoms with van der Waals surface area (Å²) < 4.78 is 4.75. The highest BCUT2D eigenvalue weighted by Gasteiger charge is 2.24. The van der Waals surface area contributed by atoms with Gasteiger partial charge < -0.3 is 15.2 Å². The Bertz CT molecular complexity index is 172. The molecule has 0 bridgehead atoms. The minimum atomic E-state index is -0.297. The maximum absolute atomic E-state index is 10.9. The molecule has 0 heterocycles. The van der Waals surface area contributed by atoms with Crippen LogP contribution in [0.4, 0.5) is 0 Å². The van der Waals surface area contributed by atoms with Gasteiger partial charge in [0.1, 0.15) is 0 Å². The maximum Gasteiger partial charge on any atom is 0.319 e. The van der Waals surface area contributed by atoms with Crippen LogP contribution < -0.4 is 5.32 Å². The molecule has 76 valence electrons. The molecule has 1 aliphatic carbocycles. The monoisotopic (exact) mass is 187 g/mol. The van der Waals surface area contributed by atoms with Gasteiger partial charge in [0.05, 0.1) is 19.3 Å². The van der Waals surface area contributed by atoms with Crippen LogP contribution >= 0.6 is 0 Å². The molecular formula is C9H17NO3. The molecule has 13 heavy (non-hydrogen) atoms. The molecule has 0 amide bonds. The quantitative estimate of drug-likeness (QED) is 0.611. The Balaban J connectivity index is 2.14. The molecule has 1 fully saturated rings. The molecule has 0 radical (unpaired) electrons. The molecule has 0 aromatic heterocycles. The van der Waals surface area contributed by atoms with Gasteiger partial charge in [0.15, 0.2) is 0 Å². The van der Waals surface area contributed by atoms with E-state index in [4.69, 9.17) is 4.74 Å². The summed E-state index contributed by atoms with van der Waals surface area (Å²) in [5.41, 5.74) is 0. The molecule has 0 unspecified atom stereocenters. The van der Waals surface area contributed by atoms with Gasteiger partial charge in [-0.25, -0.2) is 0 Å². The first-order chi connectivity index (χ1) is 6.24. The maximum atomic E-state index is 10.9. The molecule has 0 aliphatic heterocycles. The zero-order chi connectivity index (χ0) is 9.68. The number of nitrogens with one attached hydrogen (secondary N) is 1. The average molecular weight is 187 g/mol. The summed E-state index contributed by atoms with van der Waals surface area (Å²) in [5.74, 6) is -0.249. The normalized spacial score (nSPS) is 27.5. The molecule has 1 saturated carbocycles. The van der Waals surface area contributed by atoms with Gasteiger partial charge in [-0.3, -0.25) is 4.79 Å². The number of aliphatic hydroxyl groups excluding tert-OH is 1. The summed E-state index contributed by atoms with van der Waals surface area (Å²) in [6, 6.07) is 0.0735. The lowest BCUT2D eigenvalue weighted by molar-refractivity contribution is -0.142. The topological polar surface area (TPSA) is 58.6 Å². The standard InChI is InChI=1S/C9H17NO3/c1-2-13-9(12)6-10-7-4-3-5-8(7)11/h7-8,10-11H,2-6H2,1H3/t7-,8-/m1/s1. The first kappa shape index (κ1) is 10.5. The van der Waals surface area contributed by atoms with Crippen molar-refractivity contribution in [2.45, 2.75) is 38.3 Å². The Morgan fingerprint density at radius 2 is 2.38 bits per heavy atom. The second-order valence-corrected chi connectivity index (χ2v) is 3.29. The minimum absolute atomic E-state index is 0.0735. The molecular weight excluding hydrogens is 170 g/mol. The number of hydrogen-bond acceptors (Lipinski definition) is 4. The van der Waals surface area contributed by atoms with Crippen molar-refractivity contribution in [2.24, 2.45) is 0 Å². The van der Waals surface area contributed by atoms with Crippen molar-refractivity contribution in [2.75, 3.05) is 13.2 Å². The number of hydrogen-bond donors (Lipinski definition) is 2. The van der Waals surface area contributed by atoms with Crippen LogP contribution in [-0.4, -0.2) is 36.4 Å². The third-order valence-corrected chi connectivity index (χ3v) is 2.29. The van der Waals surface area contributed by atoms with E-state index in [1.165, 1.54) is 0 Å². The van der Waals surface area contributed by atoms with Gasteiger partial charge in [0.2, 0.25) is 0 Å². The lowest BCUT2D eigenvalue weighted by Gasteiger charge is -2.15. The fourth-order valence-electron chi connectivity index (χ4n) is 1.61. The van der Waals surface area contributed by atoms with Crippen molar-refractivity contribution in [3.05, 3.63) is 0 Å². The van der Waals surface area contributed by atoms with Crippen LogP contribution in [0.5, 0.6) is 0 Å². The van der Waals surface area contributed by atoms with Crippen molar-refractivity contribution in [1.82, 2.24) is 5.32 Å². The number of aliphatic hydroxyl groups is 1. The van der Waals surface area contributed by atoms with E-state index in [9.17, 15) is 9.90 Å². The van der Waals surface area contributed by atoms with E-state index in [1.807, 2.05) is 0 Å². The molecule has 0 spiro atoms.